The van der Waals surface area contributed by atoms with Crippen molar-refractivity contribution in [3.63, 3.8) is 0 Å². The molecule has 3 rings (SSSR count). The predicted octanol–water partition coefficient (Wildman–Crippen LogP) is 2.61. The van der Waals surface area contributed by atoms with Gasteiger partial charge in [-0.25, -0.2) is 4.79 Å². The summed E-state index contributed by atoms with van der Waals surface area (Å²) >= 11 is 0. The molecule has 0 aromatic carbocycles. The maximum Gasteiger partial charge on any atom is 0.435 e. The van der Waals surface area contributed by atoms with Crippen molar-refractivity contribution in [3.8, 4) is 0 Å². The highest BCUT2D eigenvalue weighted by atomic mass is 19.4. The molecule has 0 unspecified atom stereocenters. The predicted molar refractivity (Wildman–Crippen MR) is 84.0 cm³/mol. The first-order valence-electron chi connectivity index (χ1n) is 8.73. The number of urea groups is 1. The molecule has 1 aliphatic heterocycles. The zero-order valence-corrected chi connectivity index (χ0v) is 14.0. The second kappa shape index (κ2) is 7.63. The highest BCUT2D eigenvalue weighted by Gasteiger charge is 2.39. The summed E-state index contributed by atoms with van der Waals surface area (Å²) in [6.07, 6.45) is 1.30. The van der Waals surface area contributed by atoms with Crippen molar-refractivity contribution in [2.75, 3.05) is 13.2 Å². The number of carbonyl (C=O) groups is 1. The zero-order valence-electron chi connectivity index (χ0n) is 14.0. The number of nitrogens with one attached hydrogen (secondary N) is 2. The number of fused-ring (bicyclic) bond motifs is 1. The van der Waals surface area contributed by atoms with Crippen LogP contribution in [-0.4, -0.2) is 35.0 Å². The van der Waals surface area contributed by atoms with Crippen LogP contribution in [0, 0.1) is 0 Å². The fraction of sp³-hybridized carbons (Fsp3) is 0.750. The average Bonchev–Trinajstić information content (AvgIpc) is 2.95. The van der Waals surface area contributed by atoms with Crippen molar-refractivity contribution in [2.24, 2.45) is 0 Å². The first-order chi connectivity index (χ1) is 11.9. The van der Waals surface area contributed by atoms with Crippen LogP contribution in [0.4, 0.5) is 18.0 Å². The van der Waals surface area contributed by atoms with Crippen LogP contribution >= 0.6 is 0 Å². The van der Waals surface area contributed by atoms with Crippen LogP contribution in [0.3, 0.4) is 0 Å². The van der Waals surface area contributed by atoms with E-state index in [1.165, 1.54) is 11.1 Å². The summed E-state index contributed by atoms with van der Waals surface area (Å²) in [4.78, 5) is 11.9. The largest absolute Gasteiger partial charge is 0.435 e. The van der Waals surface area contributed by atoms with Gasteiger partial charge in [0.05, 0.1) is 19.8 Å². The van der Waals surface area contributed by atoms with Gasteiger partial charge in [-0.05, 0) is 12.8 Å². The fourth-order valence-electron chi connectivity index (χ4n) is 3.48. The Bertz CT molecular complexity index is 609. The lowest BCUT2D eigenvalue weighted by molar-refractivity contribution is -0.142. The average molecular weight is 360 g/mol. The van der Waals surface area contributed by atoms with Gasteiger partial charge in [-0.1, -0.05) is 19.3 Å². The molecule has 1 aromatic rings. The van der Waals surface area contributed by atoms with Crippen LogP contribution < -0.4 is 10.6 Å². The van der Waals surface area contributed by atoms with Gasteiger partial charge in [0.25, 0.3) is 0 Å². The highest BCUT2D eigenvalue weighted by Crippen LogP contribution is 2.34. The SMILES string of the molecule is O=C(NCCn1nc(C(F)(F)F)c2c1CCOC2)NC1CCCCC1. The van der Waals surface area contributed by atoms with Gasteiger partial charge >= 0.3 is 12.2 Å². The van der Waals surface area contributed by atoms with Gasteiger partial charge in [0.1, 0.15) is 0 Å². The lowest BCUT2D eigenvalue weighted by Crippen LogP contribution is -2.43. The van der Waals surface area contributed by atoms with Crippen LogP contribution in [0.15, 0.2) is 0 Å². The van der Waals surface area contributed by atoms with E-state index >= 15 is 0 Å². The molecule has 0 radical (unpaired) electrons. The lowest BCUT2D eigenvalue weighted by atomic mass is 9.96. The number of halogens is 3. The van der Waals surface area contributed by atoms with Gasteiger partial charge < -0.3 is 15.4 Å². The van der Waals surface area contributed by atoms with Crippen molar-refractivity contribution >= 4 is 6.03 Å². The molecule has 0 bridgehead atoms. The van der Waals surface area contributed by atoms with Crippen molar-refractivity contribution < 1.29 is 22.7 Å². The number of ether oxygens (including phenoxy) is 1. The van der Waals surface area contributed by atoms with Gasteiger partial charge in [0, 0.05) is 30.3 Å². The first-order valence-corrected chi connectivity index (χ1v) is 8.73. The van der Waals surface area contributed by atoms with E-state index < -0.39 is 11.9 Å². The Morgan fingerprint density at radius 2 is 2.04 bits per heavy atom. The van der Waals surface area contributed by atoms with Crippen LogP contribution in [0.25, 0.3) is 0 Å². The topological polar surface area (TPSA) is 68.2 Å². The molecule has 1 aliphatic carbocycles. The molecule has 1 aromatic heterocycles. The number of hydrogen-bond donors (Lipinski definition) is 2. The molecule has 140 valence electrons. The molecule has 2 heterocycles. The number of alkyl halides is 3. The van der Waals surface area contributed by atoms with Crippen LogP contribution in [-0.2, 0) is 30.5 Å². The van der Waals surface area contributed by atoms with Crippen molar-refractivity contribution in [2.45, 2.75) is 63.9 Å². The molecule has 0 spiro atoms. The van der Waals surface area contributed by atoms with E-state index in [1.807, 2.05) is 0 Å². The third-order valence-corrected chi connectivity index (χ3v) is 4.71. The molecule has 9 heteroatoms. The van der Waals surface area contributed by atoms with Gasteiger partial charge in [0.2, 0.25) is 0 Å². The molecule has 1 fully saturated rings. The van der Waals surface area contributed by atoms with Crippen LogP contribution in [0.1, 0.15) is 49.1 Å². The van der Waals surface area contributed by atoms with Gasteiger partial charge in [-0.15, -0.1) is 0 Å². The highest BCUT2D eigenvalue weighted by molar-refractivity contribution is 5.74. The monoisotopic (exact) mass is 360 g/mol. The molecule has 2 amide bonds. The van der Waals surface area contributed by atoms with Gasteiger partial charge in [0.15, 0.2) is 5.69 Å². The number of rotatable bonds is 4. The number of nitrogens with zero attached hydrogens (tertiary/aromatic N) is 2. The molecule has 0 atom stereocenters. The van der Waals surface area contributed by atoms with E-state index in [4.69, 9.17) is 4.74 Å². The Labute approximate surface area is 144 Å². The third-order valence-electron chi connectivity index (χ3n) is 4.71. The maximum absolute atomic E-state index is 13.1. The second-order valence-corrected chi connectivity index (χ2v) is 6.53. The Morgan fingerprint density at radius 3 is 2.76 bits per heavy atom. The number of hydrogen-bond acceptors (Lipinski definition) is 3. The minimum atomic E-state index is -4.50. The summed E-state index contributed by atoms with van der Waals surface area (Å²) < 4.78 is 45.8. The number of amides is 2. The summed E-state index contributed by atoms with van der Waals surface area (Å²) in [6.45, 7) is 0.743. The quantitative estimate of drug-likeness (QED) is 0.867. The van der Waals surface area contributed by atoms with Crippen LogP contribution in [0.5, 0.6) is 0 Å². The lowest BCUT2D eigenvalue weighted by Gasteiger charge is -2.23. The molecule has 2 aliphatic rings. The van der Waals surface area contributed by atoms with E-state index in [0.29, 0.717) is 18.7 Å². The molecule has 2 N–H and O–H groups in total. The molecule has 6 nitrogen and oxygen atoms in total. The van der Waals surface area contributed by atoms with Crippen molar-refractivity contribution in [3.05, 3.63) is 17.0 Å². The second-order valence-electron chi connectivity index (χ2n) is 6.53. The van der Waals surface area contributed by atoms with Crippen molar-refractivity contribution in [1.82, 2.24) is 20.4 Å². The van der Waals surface area contributed by atoms with E-state index in [-0.39, 0.29) is 37.3 Å². The summed E-state index contributed by atoms with van der Waals surface area (Å²) in [7, 11) is 0. The fourth-order valence-corrected chi connectivity index (χ4v) is 3.48. The molecular formula is C16H23F3N4O2. The van der Waals surface area contributed by atoms with Crippen molar-refractivity contribution in [1.29, 1.82) is 0 Å². The standard InChI is InChI=1S/C16H23F3N4O2/c17-16(18,19)14-12-10-25-9-6-13(12)23(22-14)8-7-20-15(24)21-11-4-2-1-3-5-11/h11H,1-10H2,(H2,20,21,24). The zero-order chi connectivity index (χ0) is 17.9. The summed E-state index contributed by atoms with van der Waals surface area (Å²) in [6, 6.07) is -0.0764. The number of aromatic nitrogens is 2. The van der Waals surface area contributed by atoms with Crippen LogP contribution in [0.2, 0.25) is 0 Å². The summed E-state index contributed by atoms with van der Waals surface area (Å²) in [5.41, 5.74) is -0.215. The first kappa shape index (κ1) is 18.0. The minimum absolute atomic E-state index is 0.0697. The Balaban J connectivity index is 1.56. The van der Waals surface area contributed by atoms with E-state index in [1.54, 1.807) is 0 Å². The molecule has 1 saturated carbocycles. The van der Waals surface area contributed by atoms with Gasteiger partial charge in [-0.3, -0.25) is 4.68 Å². The normalized spacial score (nSPS) is 18.7. The smallest absolute Gasteiger partial charge is 0.376 e. The third kappa shape index (κ3) is 4.45. The molecular weight excluding hydrogens is 337 g/mol. The van der Waals surface area contributed by atoms with E-state index in [9.17, 15) is 18.0 Å². The minimum Gasteiger partial charge on any atom is -0.376 e. The van der Waals surface area contributed by atoms with E-state index in [2.05, 4.69) is 15.7 Å². The summed E-state index contributed by atoms with van der Waals surface area (Å²) in [5.74, 6) is 0. The Kier molecular flexibility index (Phi) is 5.51. The van der Waals surface area contributed by atoms with E-state index in [0.717, 1.165) is 25.7 Å². The molecule has 25 heavy (non-hydrogen) atoms. The Hall–Kier alpha value is -1.77. The maximum atomic E-state index is 13.1. The summed E-state index contributed by atoms with van der Waals surface area (Å²) in [5, 5.41) is 9.34. The van der Waals surface area contributed by atoms with Gasteiger partial charge in [-0.2, -0.15) is 18.3 Å². The molecule has 0 saturated heterocycles. The number of carbonyl (C=O) groups excluding carboxylic acids is 1. The Morgan fingerprint density at radius 1 is 1.28 bits per heavy atom.